The minimum Gasteiger partial charge on any atom is -0.422 e. The van der Waals surface area contributed by atoms with E-state index in [2.05, 4.69) is 60.1 Å². The largest absolute Gasteiger partial charge is 0.422 e. The molecule has 0 unspecified atom stereocenters. The highest BCUT2D eigenvalue weighted by Crippen LogP contribution is 2.28. The number of nitrogens with one attached hydrogen (secondary N) is 1. The fraction of sp³-hybridized carbons (Fsp3) is 0.240. The lowest BCUT2D eigenvalue weighted by Crippen LogP contribution is -2.22. The van der Waals surface area contributed by atoms with Crippen molar-refractivity contribution in [2.24, 2.45) is 0 Å². The molecule has 2 aromatic carbocycles. The lowest BCUT2D eigenvalue weighted by Gasteiger charge is -2.19. The molecule has 1 N–H and O–H groups in total. The van der Waals surface area contributed by atoms with Gasteiger partial charge in [-0.05, 0) is 59.5 Å². The Balaban J connectivity index is 1.69. The summed E-state index contributed by atoms with van der Waals surface area (Å²) in [6.07, 6.45) is 1.03. The Morgan fingerprint density at radius 2 is 1.86 bits per heavy atom. The summed E-state index contributed by atoms with van der Waals surface area (Å²) in [6, 6.07) is 18.8. The highest BCUT2D eigenvalue weighted by molar-refractivity contribution is 7.10. The van der Waals surface area contributed by atoms with Crippen molar-refractivity contribution in [1.29, 1.82) is 0 Å². The fourth-order valence-corrected chi connectivity index (χ4v) is 4.49. The van der Waals surface area contributed by atoms with Gasteiger partial charge in [0.05, 0.1) is 6.04 Å². The first-order valence-corrected chi connectivity index (χ1v) is 10.8. The summed E-state index contributed by atoms with van der Waals surface area (Å²) in [5.41, 5.74) is 6.05. The Morgan fingerprint density at radius 3 is 2.55 bits per heavy atom. The molecule has 2 aromatic heterocycles. The maximum Gasteiger partial charge on any atom is 0.336 e. The van der Waals surface area contributed by atoms with Crippen LogP contribution in [0.4, 0.5) is 0 Å². The predicted molar refractivity (Wildman–Crippen MR) is 121 cm³/mol. The van der Waals surface area contributed by atoms with Gasteiger partial charge in [0.25, 0.3) is 0 Å². The van der Waals surface area contributed by atoms with Crippen LogP contribution >= 0.6 is 11.3 Å². The van der Waals surface area contributed by atoms with Crippen molar-refractivity contribution < 1.29 is 4.42 Å². The monoisotopic (exact) mass is 403 g/mol. The van der Waals surface area contributed by atoms with Crippen LogP contribution in [0.2, 0.25) is 0 Å². The van der Waals surface area contributed by atoms with E-state index in [0.29, 0.717) is 12.1 Å². The summed E-state index contributed by atoms with van der Waals surface area (Å²) in [4.78, 5) is 13.4. The van der Waals surface area contributed by atoms with Gasteiger partial charge in [-0.3, -0.25) is 0 Å². The van der Waals surface area contributed by atoms with Gasteiger partial charge in [0.2, 0.25) is 0 Å². The summed E-state index contributed by atoms with van der Waals surface area (Å²) >= 11 is 1.74. The molecular weight excluding hydrogens is 378 g/mol. The van der Waals surface area contributed by atoms with E-state index in [0.717, 1.165) is 28.5 Å². The predicted octanol–water partition coefficient (Wildman–Crippen LogP) is 5.91. The molecule has 0 fully saturated rings. The van der Waals surface area contributed by atoms with Crippen molar-refractivity contribution in [1.82, 2.24) is 5.32 Å². The van der Waals surface area contributed by atoms with E-state index >= 15 is 0 Å². The molecule has 148 valence electrons. The summed E-state index contributed by atoms with van der Waals surface area (Å²) in [6.45, 7) is 6.79. The standard InChI is InChI=1S/C25H25NO2S/c1-4-18-8-10-19(11-9-18)24(22-6-5-13-29-22)26-15-20-14-23(27)28-25-17(3)16(2)7-12-21(20)25/h5-14,24,26H,4,15H2,1-3H3/t24-/m0/s1. The molecule has 0 aliphatic heterocycles. The molecule has 1 atom stereocenters. The van der Waals surface area contributed by atoms with E-state index in [1.165, 1.54) is 16.0 Å². The maximum absolute atomic E-state index is 12.2. The minimum absolute atomic E-state index is 0.0785. The van der Waals surface area contributed by atoms with Crippen molar-refractivity contribution >= 4 is 22.3 Å². The Hall–Kier alpha value is -2.69. The van der Waals surface area contributed by atoms with E-state index in [-0.39, 0.29) is 11.7 Å². The molecule has 0 saturated heterocycles. The zero-order valence-electron chi connectivity index (χ0n) is 17.0. The second-order valence-corrected chi connectivity index (χ2v) is 8.38. The zero-order chi connectivity index (χ0) is 20.4. The Labute approximate surface area is 175 Å². The molecule has 29 heavy (non-hydrogen) atoms. The number of hydrogen-bond acceptors (Lipinski definition) is 4. The summed E-state index contributed by atoms with van der Waals surface area (Å²) < 4.78 is 5.52. The first-order valence-electron chi connectivity index (χ1n) is 9.95. The van der Waals surface area contributed by atoms with E-state index in [4.69, 9.17) is 4.42 Å². The molecule has 0 aliphatic carbocycles. The summed E-state index contributed by atoms with van der Waals surface area (Å²) in [5.74, 6) is 0. The third-order valence-electron chi connectivity index (χ3n) is 5.56. The summed E-state index contributed by atoms with van der Waals surface area (Å²) in [5, 5.41) is 6.77. The molecular formula is C25H25NO2S. The van der Waals surface area contributed by atoms with E-state index in [1.54, 1.807) is 17.4 Å². The first-order chi connectivity index (χ1) is 14.1. The third kappa shape index (κ3) is 4.04. The lowest BCUT2D eigenvalue weighted by atomic mass is 10.0. The lowest BCUT2D eigenvalue weighted by molar-refractivity contribution is 0.551. The molecule has 3 nitrogen and oxygen atoms in total. The van der Waals surface area contributed by atoms with Crippen LogP contribution in [0, 0.1) is 13.8 Å². The van der Waals surface area contributed by atoms with Crippen LogP contribution in [0.15, 0.2) is 69.2 Å². The van der Waals surface area contributed by atoms with Gasteiger partial charge in [-0.1, -0.05) is 49.4 Å². The number of fused-ring (bicyclic) bond motifs is 1. The van der Waals surface area contributed by atoms with Crippen molar-refractivity contribution in [3.63, 3.8) is 0 Å². The van der Waals surface area contributed by atoms with Crippen molar-refractivity contribution in [2.75, 3.05) is 0 Å². The SMILES string of the molecule is CCc1ccc([C@H](NCc2cc(=O)oc3c(C)c(C)ccc23)c2cccs2)cc1. The van der Waals surface area contributed by atoms with Gasteiger partial charge in [0, 0.05) is 22.9 Å². The number of aryl methyl sites for hydroxylation is 3. The van der Waals surface area contributed by atoms with Crippen LogP contribution < -0.4 is 10.9 Å². The Bertz CT molecular complexity index is 1170. The van der Waals surface area contributed by atoms with Gasteiger partial charge in [-0.2, -0.15) is 0 Å². The molecule has 0 radical (unpaired) electrons. The van der Waals surface area contributed by atoms with E-state index in [1.807, 2.05) is 19.9 Å². The molecule has 4 rings (SSSR count). The van der Waals surface area contributed by atoms with E-state index in [9.17, 15) is 4.79 Å². The van der Waals surface area contributed by atoms with Gasteiger partial charge in [-0.15, -0.1) is 11.3 Å². The van der Waals surface area contributed by atoms with E-state index < -0.39 is 0 Å². The van der Waals surface area contributed by atoms with Gasteiger partial charge < -0.3 is 9.73 Å². The van der Waals surface area contributed by atoms with Gasteiger partial charge in [0.1, 0.15) is 5.58 Å². The van der Waals surface area contributed by atoms with Crippen molar-refractivity contribution in [3.8, 4) is 0 Å². The first kappa shape index (κ1) is 19.6. The third-order valence-corrected chi connectivity index (χ3v) is 6.50. The number of rotatable bonds is 6. The van der Waals surface area contributed by atoms with Crippen molar-refractivity contribution in [3.05, 3.63) is 103 Å². The molecule has 4 heteroatoms. The zero-order valence-corrected chi connectivity index (χ0v) is 17.8. The molecule has 0 spiro atoms. The highest BCUT2D eigenvalue weighted by Gasteiger charge is 2.16. The van der Waals surface area contributed by atoms with Crippen LogP contribution in [-0.2, 0) is 13.0 Å². The van der Waals surface area contributed by atoms with Gasteiger partial charge in [-0.25, -0.2) is 4.79 Å². The van der Waals surface area contributed by atoms with Crippen LogP contribution in [0.1, 0.15) is 45.7 Å². The number of benzene rings is 2. The maximum atomic E-state index is 12.2. The summed E-state index contributed by atoms with van der Waals surface area (Å²) in [7, 11) is 0. The Morgan fingerprint density at radius 1 is 1.07 bits per heavy atom. The van der Waals surface area contributed by atoms with Crippen LogP contribution in [0.5, 0.6) is 0 Å². The van der Waals surface area contributed by atoms with Crippen LogP contribution in [-0.4, -0.2) is 0 Å². The quantitative estimate of drug-likeness (QED) is 0.407. The average Bonchev–Trinajstić information content (AvgIpc) is 3.26. The molecule has 0 aliphatic rings. The number of thiophene rings is 1. The van der Waals surface area contributed by atoms with Gasteiger partial charge in [0.15, 0.2) is 0 Å². The topological polar surface area (TPSA) is 42.2 Å². The smallest absolute Gasteiger partial charge is 0.336 e. The highest BCUT2D eigenvalue weighted by atomic mass is 32.1. The van der Waals surface area contributed by atoms with Crippen LogP contribution in [0.3, 0.4) is 0 Å². The molecule has 0 bridgehead atoms. The average molecular weight is 404 g/mol. The molecule has 0 saturated carbocycles. The fourth-order valence-electron chi connectivity index (χ4n) is 3.67. The van der Waals surface area contributed by atoms with Crippen LogP contribution in [0.25, 0.3) is 11.0 Å². The van der Waals surface area contributed by atoms with Gasteiger partial charge >= 0.3 is 5.63 Å². The molecule has 0 amide bonds. The second-order valence-electron chi connectivity index (χ2n) is 7.40. The minimum atomic E-state index is -0.303. The van der Waals surface area contributed by atoms with Crippen molar-refractivity contribution in [2.45, 2.75) is 39.8 Å². The molecule has 4 aromatic rings. The normalized spacial score (nSPS) is 12.4. The number of hydrogen-bond donors (Lipinski definition) is 1. The Kier molecular flexibility index (Phi) is 5.65. The molecule has 2 heterocycles. The second kappa shape index (κ2) is 8.36.